The van der Waals surface area contributed by atoms with Crippen LogP contribution in [0.1, 0.15) is 51.4 Å². The number of ether oxygens (including phenoxy) is 2. The average molecular weight is 515 g/mol. The molecule has 36 heavy (non-hydrogen) atoms. The van der Waals surface area contributed by atoms with Crippen molar-refractivity contribution < 1.29 is 31.8 Å². The minimum Gasteiger partial charge on any atom is -0.380 e. The molecule has 5 rings (SSSR count). The molecule has 7 nitrogen and oxygen atoms in total. The van der Waals surface area contributed by atoms with E-state index in [4.69, 9.17) is 9.47 Å². The van der Waals surface area contributed by atoms with Crippen LogP contribution in [0, 0.1) is 24.0 Å². The highest BCUT2D eigenvalue weighted by Crippen LogP contribution is 2.38. The lowest BCUT2D eigenvalue weighted by Crippen LogP contribution is -2.65. The molecule has 1 aromatic carbocycles. The Bertz CT molecular complexity index is 1020. The van der Waals surface area contributed by atoms with Gasteiger partial charge in [-0.05, 0) is 32.8 Å². The van der Waals surface area contributed by atoms with Gasteiger partial charge in [0.2, 0.25) is 0 Å². The van der Waals surface area contributed by atoms with E-state index in [-0.39, 0.29) is 12.0 Å². The van der Waals surface area contributed by atoms with Crippen molar-refractivity contribution >= 4 is 11.6 Å². The summed E-state index contributed by atoms with van der Waals surface area (Å²) in [5, 5.41) is 6.18. The number of aryl methyl sites for hydroxylation is 1. The zero-order valence-electron chi connectivity index (χ0n) is 21.1. The summed E-state index contributed by atoms with van der Waals surface area (Å²) in [6.07, 6.45) is 2.15. The number of hydrogen-bond donors (Lipinski definition) is 1. The first-order valence-corrected chi connectivity index (χ1v) is 12.2. The van der Waals surface area contributed by atoms with Gasteiger partial charge in [0.05, 0.1) is 36.9 Å². The Morgan fingerprint density at radius 3 is 2.44 bits per heavy atom. The Morgan fingerprint density at radius 2 is 1.92 bits per heavy atom. The Hall–Kier alpha value is -2.50. The molecule has 0 bridgehead atoms. The predicted octanol–water partition coefficient (Wildman–Crippen LogP) is 4.92. The molecule has 3 fully saturated rings. The fourth-order valence-corrected chi connectivity index (χ4v) is 4.41. The smallest absolute Gasteiger partial charge is 0.333 e. The molecule has 0 aliphatic carbocycles. The molecule has 1 spiro atoms. The molecule has 1 N–H and O–H groups in total. The number of nitrogens with one attached hydrogen (secondary N) is 1. The van der Waals surface area contributed by atoms with E-state index < -0.39 is 24.3 Å². The third kappa shape index (κ3) is 6.63. The first kappa shape index (κ1) is 28.1. The van der Waals surface area contributed by atoms with Crippen LogP contribution in [-0.4, -0.2) is 59.1 Å². The van der Waals surface area contributed by atoms with Gasteiger partial charge in [-0.2, -0.15) is 13.9 Å². The van der Waals surface area contributed by atoms with Crippen molar-refractivity contribution in [2.75, 3.05) is 31.6 Å². The lowest BCUT2D eigenvalue weighted by atomic mass is 9.78. The fraction of sp³-hybridized carbons (Fsp3) is 0.600. The normalized spacial score (nSPS) is 22.1. The van der Waals surface area contributed by atoms with Gasteiger partial charge in [-0.3, -0.25) is 9.69 Å². The van der Waals surface area contributed by atoms with Crippen molar-refractivity contribution in [3.63, 3.8) is 0 Å². The second-order valence-corrected chi connectivity index (χ2v) is 9.24. The number of nitrogens with zero attached hydrogens (tertiary/aromatic N) is 3. The number of carbonyl (C=O) groups is 1. The first-order chi connectivity index (χ1) is 17.2. The van der Waals surface area contributed by atoms with Crippen molar-refractivity contribution in [2.24, 2.45) is 5.41 Å². The Labute approximate surface area is 208 Å². The molecule has 3 saturated heterocycles. The van der Waals surface area contributed by atoms with Crippen LogP contribution in [0.4, 0.5) is 23.2 Å². The standard InChI is InChI=1S/C12H13F2NO.C11H15F2N3O2.C2H6/c13-10-3-1-2-9(11(10)14)4-15-5-12(6-15)7-16-8-12;1-6-3-4-9(18-6)10(17)14-8-5-16(11(12)13)15-7(8)2;1-2/h1-3H,4-8H2;5-6,9,11H,3-4H2,1-2H3,(H,14,17);1-2H3. The fourth-order valence-electron chi connectivity index (χ4n) is 4.41. The highest BCUT2D eigenvalue weighted by molar-refractivity contribution is 5.94. The van der Waals surface area contributed by atoms with E-state index in [0.717, 1.165) is 45.0 Å². The molecular weight excluding hydrogens is 480 g/mol. The van der Waals surface area contributed by atoms with E-state index in [0.29, 0.717) is 40.0 Å². The summed E-state index contributed by atoms with van der Waals surface area (Å²) in [5.74, 6) is -1.79. The summed E-state index contributed by atoms with van der Waals surface area (Å²) in [5.41, 5.74) is 1.41. The van der Waals surface area contributed by atoms with Gasteiger partial charge in [0, 0.05) is 30.6 Å². The lowest BCUT2D eigenvalue weighted by molar-refractivity contribution is -0.191. The highest BCUT2D eigenvalue weighted by Gasteiger charge is 2.48. The minimum absolute atomic E-state index is 0.0608. The Kier molecular flexibility index (Phi) is 9.48. The van der Waals surface area contributed by atoms with Crippen LogP contribution in [0.2, 0.25) is 0 Å². The van der Waals surface area contributed by atoms with Crippen molar-refractivity contribution in [2.45, 2.75) is 65.8 Å². The average Bonchev–Trinajstić information content (AvgIpc) is 3.40. The molecule has 2 aromatic rings. The molecule has 3 aliphatic rings. The third-order valence-electron chi connectivity index (χ3n) is 6.26. The molecular formula is C25H34F4N4O3. The van der Waals surface area contributed by atoms with Gasteiger partial charge < -0.3 is 14.8 Å². The first-order valence-electron chi connectivity index (χ1n) is 12.2. The third-order valence-corrected chi connectivity index (χ3v) is 6.26. The van der Waals surface area contributed by atoms with Crippen LogP contribution in [0.5, 0.6) is 0 Å². The summed E-state index contributed by atoms with van der Waals surface area (Å²) in [6, 6.07) is 4.34. The number of likely N-dealkylation sites (tertiary alicyclic amines) is 1. The van der Waals surface area contributed by atoms with Crippen molar-refractivity contribution in [3.8, 4) is 0 Å². The number of hydrogen-bond acceptors (Lipinski definition) is 5. The SMILES string of the molecule is CC.Cc1nn(C(F)F)cc1NC(=O)C1CCC(C)O1.Fc1cccc(CN2CC3(COC3)C2)c1F. The molecule has 11 heteroatoms. The highest BCUT2D eigenvalue weighted by atomic mass is 19.3. The quantitative estimate of drug-likeness (QED) is 0.574. The molecule has 1 aromatic heterocycles. The number of anilines is 1. The van der Waals surface area contributed by atoms with Crippen molar-refractivity contribution in [1.82, 2.24) is 14.7 Å². The number of halogens is 4. The van der Waals surface area contributed by atoms with Crippen LogP contribution < -0.4 is 5.32 Å². The summed E-state index contributed by atoms with van der Waals surface area (Å²) in [4.78, 5) is 14.0. The molecule has 0 saturated carbocycles. The lowest BCUT2D eigenvalue weighted by Gasteiger charge is -2.55. The van der Waals surface area contributed by atoms with Crippen molar-refractivity contribution in [1.29, 1.82) is 0 Å². The monoisotopic (exact) mass is 514 g/mol. The maximum Gasteiger partial charge on any atom is 0.333 e. The van der Waals surface area contributed by atoms with E-state index in [2.05, 4.69) is 15.3 Å². The Balaban J connectivity index is 0.000000189. The Morgan fingerprint density at radius 1 is 1.22 bits per heavy atom. The largest absolute Gasteiger partial charge is 0.380 e. The van der Waals surface area contributed by atoms with Gasteiger partial charge in [-0.1, -0.05) is 26.0 Å². The zero-order valence-corrected chi connectivity index (χ0v) is 21.1. The van der Waals surface area contributed by atoms with Crippen LogP contribution in [0.3, 0.4) is 0 Å². The summed E-state index contributed by atoms with van der Waals surface area (Å²) in [6.45, 7) is 8.73. The van der Waals surface area contributed by atoms with Crippen molar-refractivity contribution in [3.05, 3.63) is 47.3 Å². The van der Waals surface area contributed by atoms with E-state index in [1.54, 1.807) is 19.1 Å². The number of rotatable bonds is 5. The van der Waals surface area contributed by atoms with E-state index in [9.17, 15) is 22.4 Å². The number of alkyl halides is 2. The predicted molar refractivity (Wildman–Crippen MR) is 127 cm³/mol. The van der Waals surface area contributed by atoms with Crippen LogP contribution in [-0.2, 0) is 20.8 Å². The van der Waals surface area contributed by atoms with E-state index in [1.165, 1.54) is 0 Å². The maximum absolute atomic E-state index is 13.4. The molecule has 0 radical (unpaired) electrons. The number of aromatic nitrogens is 2. The van der Waals surface area contributed by atoms with Gasteiger partial charge in [-0.15, -0.1) is 0 Å². The second-order valence-electron chi connectivity index (χ2n) is 9.24. The van der Waals surface area contributed by atoms with Gasteiger partial charge >= 0.3 is 6.55 Å². The van der Waals surface area contributed by atoms with Crippen LogP contribution >= 0.6 is 0 Å². The number of amides is 1. The van der Waals surface area contributed by atoms with E-state index >= 15 is 0 Å². The van der Waals surface area contributed by atoms with Crippen LogP contribution in [0.25, 0.3) is 0 Å². The topological polar surface area (TPSA) is 68.6 Å². The molecule has 2 atom stereocenters. The van der Waals surface area contributed by atoms with E-state index in [1.807, 2.05) is 20.8 Å². The summed E-state index contributed by atoms with van der Waals surface area (Å²) >= 11 is 0. The molecule has 200 valence electrons. The minimum atomic E-state index is -2.71. The summed E-state index contributed by atoms with van der Waals surface area (Å²) in [7, 11) is 0. The van der Waals surface area contributed by atoms with Gasteiger partial charge in [0.1, 0.15) is 6.10 Å². The van der Waals surface area contributed by atoms with Crippen LogP contribution in [0.15, 0.2) is 24.4 Å². The van der Waals surface area contributed by atoms with Gasteiger partial charge in [-0.25, -0.2) is 13.5 Å². The van der Waals surface area contributed by atoms with Gasteiger partial charge in [0.25, 0.3) is 5.91 Å². The molecule has 3 aliphatic heterocycles. The molecule has 1 amide bonds. The maximum atomic E-state index is 13.4. The number of benzene rings is 1. The second kappa shape index (κ2) is 12.2. The zero-order chi connectivity index (χ0) is 26.5. The molecule has 2 unspecified atom stereocenters. The van der Waals surface area contributed by atoms with Gasteiger partial charge in [0.15, 0.2) is 11.6 Å². The number of carbonyl (C=O) groups excluding carboxylic acids is 1. The summed E-state index contributed by atoms with van der Waals surface area (Å²) < 4.78 is 62.3. The molecule has 4 heterocycles.